The predicted molar refractivity (Wildman–Crippen MR) is 71.5 cm³/mol. The Hall–Kier alpha value is -1.85. The summed E-state index contributed by atoms with van der Waals surface area (Å²) in [6.45, 7) is 1.04. The molecule has 1 aliphatic rings. The highest BCUT2D eigenvalue weighted by atomic mass is 19.4. The van der Waals surface area contributed by atoms with E-state index in [4.69, 9.17) is 9.47 Å². The zero-order valence-corrected chi connectivity index (χ0v) is 11.1. The van der Waals surface area contributed by atoms with Crippen molar-refractivity contribution in [2.24, 2.45) is 0 Å². The molecule has 0 aliphatic carbocycles. The number of halogens is 3. The molecule has 0 aromatic heterocycles. The minimum absolute atomic E-state index is 0.455. The first-order chi connectivity index (χ1) is 10.1. The van der Waals surface area contributed by atoms with Crippen LogP contribution < -0.4 is 0 Å². The summed E-state index contributed by atoms with van der Waals surface area (Å²) >= 11 is 0. The Labute approximate surface area is 120 Å². The average Bonchev–Trinajstić information content (AvgIpc) is 3.01. The number of alkyl halides is 3. The van der Waals surface area contributed by atoms with Gasteiger partial charge in [-0.15, -0.1) is 0 Å². The van der Waals surface area contributed by atoms with E-state index in [1.54, 1.807) is 0 Å². The average molecular weight is 294 g/mol. The molecule has 0 radical (unpaired) electrons. The topological polar surface area (TPSA) is 18.5 Å². The second-order valence-corrected chi connectivity index (χ2v) is 4.74. The summed E-state index contributed by atoms with van der Waals surface area (Å²) in [5.41, 5.74) is 1.70. The summed E-state index contributed by atoms with van der Waals surface area (Å²) in [6, 6.07) is 12.5. The van der Waals surface area contributed by atoms with Crippen molar-refractivity contribution >= 4 is 0 Å². The molecular formula is C16H13F3O2. The lowest BCUT2D eigenvalue weighted by molar-refractivity contribution is -0.137. The van der Waals surface area contributed by atoms with E-state index in [1.165, 1.54) is 12.1 Å². The molecule has 0 atom stereocenters. The smallest absolute Gasteiger partial charge is 0.346 e. The number of hydrogen-bond acceptors (Lipinski definition) is 2. The van der Waals surface area contributed by atoms with E-state index in [0.717, 1.165) is 23.3 Å². The fourth-order valence-corrected chi connectivity index (χ4v) is 2.34. The molecule has 0 bridgehead atoms. The van der Waals surface area contributed by atoms with Gasteiger partial charge in [0.2, 0.25) is 0 Å². The third kappa shape index (κ3) is 2.94. The van der Waals surface area contributed by atoms with Crippen LogP contribution >= 0.6 is 0 Å². The van der Waals surface area contributed by atoms with E-state index in [0.29, 0.717) is 18.8 Å². The molecule has 1 saturated heterocycles. The third-order valence-corrected chi connectivity index (χ3v) is 3.36. The van der Waals surface area contributed by atoms with Gasteiger partial charge in [0.05, 0.1) is 18.8 Å². The van der Waals surface area contributed by atoms with Gasteiger partial charge in [0.25, 0.3) is 0 Å². The molecule has 5 heteroatoms. The molecule has 1 aliphatic heterocycles. The molecule has 0 saturated carbocycles. The van der Waals surface area contributed by atoms with Crippen molar-refractivity contribution in [2.75, 3.05) is 13.2 Å². The highest BCUT2D eigenvalue weighted by molar-refractivity contribution is 5.68. The summed E-state index contributed by atoms with van der Waals surface area (Å²) in [5.74, 6) is 0. The molecule has 0 spiro atoms. The van der Waals surface area contributed by atoms with Gasteiger partial charge in [0.1, 0.15) is 0 Å². The standard InChI is InChI=1S/C16H13F3O2/c17-16(18,19)12-7-5-11(6-8-12)13-3-1-2-4-14(13)15-20-9-10-21-15/h1-8,15H,9-10H2. The fourth-order valence-electron chi connectivity index (χ4n) is 2.34. The van der Waals surface area contributed by atoms with Gasteiger partial charge in [-0.3, -0.25) is 0 Å². The quantitative estimate of drug-likeness (QED) is 0.816. The van der Waals surface area contributed by atoms with E-state index in [2.05, 4.69) is 0 Å². The van der Waals surface area contributed by atoms with Crippen LogP contribution in [0.2, 0.25) is 0 Å². The van der Waals surface area contributed by atoms with Crippen molar-refractivity contribution in [3.63, 3.8) is 0 Å². The molecule has 2 nitrogen and oxygen atoms in total. The van der Waals surface area contributed by atoms with Crippen LogP contribution in [-0.2, 0) is 15.7 Å². The molecule has 2 aromatic carbocycles. The molecular weight excluding hydrogens is 281 g/mol. The van der Waals surface area contributed by atoms with Gasteiger partial charge in [-0.25, -0.2) is 0 Å². The van der Waals surface area contributed by atoms with Crippen LogP contribution in [0.15, 0.2) is 48.5 Å². The molecule has 1 fully saturated rings. The Morgan fingerprint density at radius 3 is 2.10 bits per heavy atom. The van der Waals surface area contributed by atoms with Crippen LogP contribution in [0.1, 0.15) is 17.4 Å². The number of rotatable bonds is 2. The Morgan fingerprint density at radius 2 is 1.48 bits per heavy atom. The lowest BCUT2D eigenvalue weighted by Gasteiger charge is -2.15. The predicted octanol–water partition coefficient (Wildman–Crippen LogP) is 4.42. The van der Waals surface area contributed by atoms with Crippen molar-refractivity contribution in [3.05, 3.63) is 59.7 Å². The minimum atomic E-state index is -4.32. The maximum absolute atomic E-state index is 12.6. The molecule has 0 unspecified atom stereocenters. The first kappa shape index (κ1) is 14.1. The van der Waals surface area contributed by atoms with Gasteiger partial charge in [-0.1, -0.05) is 36.4 Å². The van der Waals surface area contributed by atoms with Crippen molar-refractivity contribution < 1.29 is 22.6 Å². The van der Waals surface area contributed by atoms with Gasteiger partial charge in [-0.05, 0) is 23.3 Å². The summed E-state index contributed by atoms with van der Waals surface area (Å²) in [4.78, 5) is 0. The van der Waals surface area contributed by atoms with Gasteiger partial charge in [-0.2, -0.15) is 13.2 Å². The maximum Gasteiger partial charge on any atom is 0.416 e. The number of ether oxygens (including phenoxy) is 2. The number of hydrogen-bond donors (Lipinski definition) is 0. The Kier molecular flexibility index (Phi) is 3.69. The maximum atomic E-state index is 12.6. The Balaban J connectivity index is 1.97. The van der Waals surface area contributed by atoms with E-state index in [9.17, 15) is 13.2 Å². The Morgan fingerprint density at radius 1 is 0.857 bits per heavy atom. The molecule has 21 heavy (non-hydrogen) atoms. The monoisotopic (exact) mass is 294 g/mol. The van der Waals surface area contributed by atoms with Crippen LogP contribution in [0.4, 0.5) is 13.2 Å². The van der Waals surface area contributed by atoms with Crippen molar-refractivity contribution in [1.82, 2.24) is 0 Å². The summed E-state index contributed by atoms with van der Waals surface area (Å²) < 4.78 is 48.8. The summed E-state index contributed by atoms with van der Waals surface area (Å²) in [5, 5.41) is 0. The van der Waals surface area contributed by atoms with Crippen LogP contribution in [-0.4, -0.2) is 13.2 Å². The Bertz CT molecular complexity index is 614. The van der Waals surface area contributed by atoms with Crippen LogP contribution in [0, 0.1) is 0 Å². The lowest BCUT2D eigenvalue weighted by Crippen LogP contribution is -2.04. The molecule has 110 valence electrons. The normalized spacial score (nSPS) is 16.3. The van der Waals surface area contributed by atoms with Crippen molar-refractivity contribution in [1.29, 1.82) is 0 Å². The number of benzene rings is 2. The molecule has 0 N–H and O–H groups in total. The van der Waals surface area contributed by atoms with E-state index < -0.39 is 18.0 Å². The summed E-state index contributed by atoms with van der Waals surface area (Å²) in [7, 11) is 0. The zero-order chi connectivity index (χ0) is 14.9. The highest BCUT2D eigenvalue weighted by Gasteiger charge is 2.30. The second-order valence-electron chi connectivity index (χ2n) is 4.74. The fraction of sp³-hybridized carbons (Fsp3) is 0.250. The van der Waals surface area contributed by atoms with Crippen molar-refractivity contribution in [2.45, 2.75) is 12.5 Å². The second kappa shape index (κ2) is 5.50. The van der Waals surface area contributed by atoms with Gasteiger partial charge < -0.3 is 9.47 Å². The molecule has 0 amide bonds. The summed E-state index contributed by atoms with van der Waals surface area (Å²) in [6.07, 6.45) is -4.78. The van der Waals surface area contributed by atoms with Gasteiger partial charge >= 0.3 is 6.18 Å². The molecule has 1 heterocycles. The van der Waals surface area contributed by atoms with Crippen LogP contribution in [0.5, 0.6) is 0 Å². The first-order valence-electron chi connectivity index (χ1n) is 6.55. The van der Waals surface area contributed by atoms with Crippen LogP contribution in [0.25, 0.3) is 11.1 Å². The third-order valence-electron chi connectivity index (χ3n) is 3.36. The minimum Gasteiger partial charge on any atom is -0.346 e. The largest absolute Gasteiger partial charge is 0.416 e. The van der Waals surface area contributed by atoms with Crippen LogP contribution in [0.3, 0.4) is 0 Å². The molecule has 3 rings (SSSR count). The zero-order valence-electron chi connectivity index (χ0n) is 11.1. The van der Waals surface area contributed by atoms with E-state index >= 15 is 0 Å². The highest BCUT2D eigenvalue weighted by Crippen LogP contribution is 2.35. The van der Waals surface area contributed by atoms with Gasteiger partial charge in [0.15, 0.2) is 6.29 Å². The van der Waals surface area contributed by atoms with E-state index in [-0.39, 0.29) is 0 Å². The van der Waals surface area contributed by atoms with E-state index in [1.807, 2.05) is 24.3 Å². The first-order valence-corrected chi connectivity index (χ1v) is 6.55. The molecule has 2 aromatic rings. The lowest BCUT2D eigenvalue weighted by atomic mass is 9.98. The SMILES string of the molecule is FC(F)(F)c1ccc(-c2ccccc2C2OCCO2)cc1. The van der Waals surface area contributed by atoms with Gasteiger partial charge in [0, 0.05) is 5.56 Å². The van der Waals surface area contributed by atoms with Crippen molar-refractivity contribution in [3.8, 4) is 11.1 Å².